The van der Waals surface area contributed by atoms with Crippen LogP contribution in [0.2, 0.25) is 0 Å². The molecule has 2 aliphatic heterocycles. The van der Waals surface area contributed by atoms with Crippen LogP contribution in [-0.2, 0) is 4.74 Å². The van der Waals surface area contributed by atoms with Crippen LogP contribution in [0.3, 0.4) is 0 Å². The molecule has 5 heteroatoms. The van der Waals surface area contributed by atoms with Crippen molar-refractivity contribution in [3.63, 3.8) is 0 Å². The summed E-state index contributed by atoms with van der Waals surface area (Å²) in [7, 11) is 0. The lowest BCUT2D eigenvalue weighted by atomic mass is 9.79. The molecule has 128 valence electrons. The fourth-order valence-corrected chi connectivity index (χ4v) is 5.10. The summed E-state index contributed by atoms with van der Waals surface area (Å²) in [6, 6.07) is 0. The van der Waals surface area contributed by atoms with E-state index < -0.39 is 0 Å². The van der Waals surface area contributed by atoms with Gasteiger partial charge in [-0.15, -0.1) is 23.2 Å². The minimum absolute atomic E-state index is 0.00912. The van der Waals surface area contributed by atoms with E-state index in [-0.39, 0.29) is 22.8 Å². The first-order chi connectivity index (χ1) is 10.6. The molecule has 0 bridgehead atoms. The van der Waals surface area contributed by atoms with Crippen LogP contribution < -0.4 is 0 Å². The summed E-state index contributed by atoms with van der Waals surface area (Å²) in [6.07, 6.45) is 6.29. The minimum Gasteiger partial charge on any atom is -0.393 e. The van der Waals surface area contributed by atoms with Gasteiger partial charge in [0.1, 0.15) is 0 Å². The topological polar surface area (TPSA) is 32.7 Å². The highest BCUT2D eigenvalue weighted by molar-refractivity contribution is 6.30. The number of aliphatic hydroxyl groups excluding tert-OH is 1. The molecule has 0 spiro atoms. The first kappa shape index (κ1) is 17.3. The number of ether oxygens (including phenoxy) is 1. The second kappa shape index (κ2) is 8.02. The van der Waals surface area contributed by atoms with E-state index in [9.17, 15) is 5.11 Å². The van der Waals surface area contributed by atoms with Crippen LogP contribution in [0.25, 0.3) is 0 Å². The van der Waals surface area contributed by atoms with Crippen molar-refractivity contribution in [2.75, 3.05) is 32.8 Å². The van der Waals surface area contributed by atoms with E-state index in [2.05, 4.69) is 4.90 Å². The van der Waals surface area contributed by atoms with E-state index in [4.69, 9.17) is 27.9 Å². The number of likely N-dealkylation sites (tertiary alicyclic amines) is 1. The van der Waals surface area contributed by atoms with E-state index in [1.54, 1.807) is 0 Å². The van der Waals surface area contributed by atoms with Crippen molar-refractivity contribution in [2.45, 2.75) is 55.4 Å². The summed E-state index contributed by atoms with van der Waals surface area (Å²) in [5, 5.41) is 10.2. The molecule has 3 rings (SSSR count). The average molecular weight is 350 g/mol. The van der Waals surface area contributed by atoms with Crippen molar-refractivity contribution in [1.29, 1.82) is 0 Å². The third kappa shape index (κ3) is 4.30. The van der Waals surface area contributed by atoms with E-state index in [0.717, 1.165) is 38.0 Å². The third-order valence-corrected chi connectivity index (χ3v) is 7.08. The van der Waals surface area contributed by atoms with Gasteiger partial charge in [-0.3, -0.25) is 0 Å². The molecule has 0 aromatic carbocycles. The predicted octanol–water partition coefficient (Wildman–Crippen LogP) is 3.11. The van der Waals surface area contributed by atoms with Gasteiger partial charge >= 0.3 is 0 Å². The van der Waals surface area contributed by atoms with E-state index >= 15 is 0 Å². The van der Waals surface area contributed by atoms with Crippen LogP contribution in [0.4, 0.5) is 0 Å². The zero-order chi connectivity index (χ0) is 15.5. The predicted molar refractivity (Wildman–Crippen MR) is 90.7 cm³/mol. The highest BCUT2D eigenvalue weighted by atomic mass is 35.5. The number of rotatable bonds is 3. The zero-order valence-electron chi connectivity index (χ0n) is 13.3. The lowest BCUT2D eigenvalue weighted by molar-refractivity contribution is 0.0159. The van der Waals surface area contributed by atoms with Gasteiger partial charge in [0.25, 0.3) is 0 Å². The Kier molecular flexibility index (Phi) is 6.31. The maximum atomic E-state index is 10.3. The molecule has 1 saturated carbocycles. The third-order valence-electron chi connectivity index (χ3n) is 5.99. The molecule has 3 nitrogen and oxygen atoms in total. The second-order valence-electron chi connectivity index (χ2n) is 7.42. The van der Waals surface area contributed by atoms with Crippen LogP contribution in [0.1, 0.15) is 38.5 Å². The van der Waals surface area contributed by atoms with Crippen molar-refractivity contribution in [3.05, 3.63) is 0 Å². The molecule has 0 radical (unpaired) electrons. The Balaban J connectivity index is 1.43. The lowest BCUT2D eigenvalue weighted by Gasteiger charge is -2.41. The number of hydrogen-bond donors (Lipinski definition) is 1. The number of hydrogen-bond acceptors (Lipinski definition) is 3. The smallest absolute Gasteiger partial charge is 0.0595 e. The van der Waals surface area contributed by atoms with Crippen LogP contribution in [-0.4, -0.2) is 59.7 Å². The molecule has 2 saturated heterocycles. The Labute approximate surface area is 144 Å². The van der Waals surface area contributed by atoms with Gasteiger partial charge in [0.05, 0.1) is 16.9 Å². The quantitative estimate of drug-likeness (QED) is 0.794. The average Bonchev–Trinajstić information content (AvgIpc) is 2.54. The molecule has 0 amide bonds. The molecule has 2 heterocycles. The summed E-state index contributed by atoms with van der Waals surface area (Å²) in [5.74, 6) is 2.04. The van der Waals surface area contributed by atoms with Gasteiger partial charge in [-0.25, -0.2) is 0 Å². The molecule has 3 aliphatic rings. The molecule has 0 aromatic rings. The normalized spacial score (nSPS) is 40.0. The fraction of sp³-hybridized carbons (Fsp3) is 1.00. The standard InChI is InChI=1S/C17H29Cl2NO2/c18-15-9-14(17(21)10-16(15)19)11-20-5-1-12(2-6-20)13-3-7-22-8-4-13/h12-17,21H,1-11H2. The van der Waals surface area contributed by atoms with Crippen LogP contribution in [0, 0.1) is 17.8 Å². The monoisotopic (exact) mass is 349 g/mol. The van der Waals surface area contributed by atoms with Crippen LogP contribution in [0.15, 0.2) is 0 Å². The molecule has 4 unspecified atom stereocenters. The molecule has 1 N–H and O–H groups in total. The fourth-order valence-electron chi connectivity index (χ4n) is 4.49. The SMILES string of the molecule is OC1CC(Cl)C(Cl)CC1CN1CCC(C2CCOCC2)CC1. The summed E-state index contributed by atoms with van der Waals surface area (Å²) in [4.78, 5) is 2.53. The van der Waals surface area contributed by atoms with Crippen molar-refractivity contribution in [3.8, 4) is 0 Å². The van der Waals surface area contributed by atoms with E-state index in [1.165, 1.54) is 38.8 Å². The molecule has 4 atom stereocenters. The summed E-state index contributed by atoms with van der Waals surface area (Å²) in [5.41, 5.74) is 0. The Morgan fingerprint density at radius 3 is 2.18 bits per heavy atom. The van der Waals surface area contributed by atoms with Crippen LogP contribution >= 0.6 is 23.2 Å². The largest absolute Gasteiger partial charge is 0.393 e. The first-order valence-electron chi connectivity index (χ1n) is 8.89. The lowest BCUT2D eigenvalue weighted by Crippen LogP contribution is -2.45. The molecule has 0 aromatic heterocycles. The second-order valence-corrected chi connectivity index (χ2v) is 8.54. The molecule has 3 fully saturated rings. The van der Waals surface area contributed by atoms with Gasteiger partial charge in [0.15, 0.2) is 0 Å². The minimum atomic E-state index is -0.286. The summed E-state index contributed by atoms with van der Waals surface area (Å²) < 4.78 is 5.48. The summed E-state index contributed by atoms with van der Waals surface area (Å²) in [6.45, 7) is 5.23. The van der Waals surface area contributed by atoms with Crippen molar-refractivity contribution in [2.24, 2.45) is 17.8 Å². The van der Waals surface area contributed by atoms with Gasteiger partial charge in [-0.2, -0.15) is 0 Å². The Morgan fingerprint density at radius 2 is 1.50 bits per heavy atom. The first-order valence-corrected chi connectivity index (χ1v) is 9.77. The van der Waals surface area contributed by atoms with Crippen molar-refractivity contribution >= 4 is 23.2 Å². The van der Waals surface area contributed by atoms with Gasteiger partial charge in [0, 0.05) is 19.8 Å². The number of nitrogens with zero attached hydrogens (tertiary/aromatic N) is 1. The van der Waals surface area contributed by atoms with Crippen molar-refractivity contribution < 1.29 is 9.84 Å². The van der Waals surface area contributed by atoms with Crippen molar-refractivity contribution in [1.82, 2.24) is 4.90 Å². The van der Waals surface area contributed by atoms with E-state index in [1.807, 2.05) is 0 Å². The Bertz CT molecular complexity index is 344. The zero-order valence-corrected chi connectivity index (χ0v) is 14.8. The van der Waals surface area contributed by atoms with Gasteiger partial charge in [0.2, 0.25) is 0 Å². The number of alkyl halides is 2. The molecular weight excluding hydrogens is 321 g/mol. The molecule has 1 aliphatic carbocycles. The maximum Gasteiger partial charge on any atom is 0.0595 e. The van der Waals surface area contributed by atoms with Gasteiger partial charge in [-0.05, 0) is 69.4 Å². The van der Waals surface area contributed by atoms with Gasteiger partial charge < -0.3 is 14.7 Å². The van der Waals surface area contributed by atoms with Crippen LogP contribution in [0.5, 0.6) is 0 Å². The Hall–Kier alpha value is 0.460. The molecule has 22 heavy (non-hydrogen) atoms. The Morgan fingerprint density at radius 1 is 0.909 bits per heavy atom. The molecular formula is C17H29Cl2NO2. The highest BCUT2D eigenvalue weighted by Gasteiger charge is 2.36. The number of halogens is 2. The van der Waals surface area contributed by atoms with Gasteiger partial charge in [-0.1, -0.05) is 0 Å². The number of piperidine rings is 1. The highest BCUT2D eigenvalue weighted by Crippen LogP contribution is 2.35. The maximum absolute atomic E-state index is 10.3. The van der Waals surface area contributed by atoms with E-state index in [0.29, 0.717) is 6.42 Å². The number of aliphatic hydroxyl groups is 1. The summed E-state index contributed by atoms with van der Waals surface area (Å²) >= 11 is 12.5.